The van der Waals surface area contributed by atoms with Crippen molar-refractivity contribution >= 4 is 24.4 Å². The third kappa shape index (κ3) is 5.67. The lowest BCUT2D eigenvalue weighted by Gasteiger charge is -2.44. The summed E-state index contributed by atoms with van der Waals surface area (Å²) >= 11 is 0. The molecule has 1 fully saturated rings. The van der Waals surface area contributed by atoms with E-state index in [1.165, 1.54) is 5.56 Å². The summed E-state index contributed by atoms with van der Waals surface area (Å²) in [6.07, 6.45) is 5.99. The molecule has 0 aliphatic carbocycles. The molecule has 1 saturated heterocycles. The van der Waals surface area contributed by atoms with Crippen LogP contribution in [0.3, 0.4) is 0 Å². The van der Waals surface area contributed by atoms with Gasteiger partial charge in [-0.05, 0) is 25.8 Å². The van der Waals surface area contributed by atoms with Crippen LogP contribution >= 0.6 is 12.4 Å². The minimum absolute atomic E-state index is 0. The van der Waals surface area contributed by atoms with Crippen LogP contribution in [0.1, 0.15) is 39.2 Å². The molecule has 3 nitrogen and oxygen atoms in total. The zero-order valence-electron chi connectivity index (χ0n) is 14.4. The number of benzene rings is 1. The van der Waals surface area contributed by atoms with Crippen molar-refractivity contribution in [2.45, 2.75) is 45.7 Å². The molecule has 2 atom stereocenters. The molecule has 23 heavy (non-hydrogen) atoms. The minimum Gasteiger partial charge on any atom is -0.335 e. The van der Waals surface area contributed by atoms with Gasteiger partial charge in [0.1, 0.15) is 0 Å². The topological polar surface area (TPSA) is 23.6 Å². The van der Waals surface area contributed by atoms with Crippen LogP contribution in [0.4, 0.5) is 0 Å². The first-order valence-electron chi connectivity index (χ1n) is 8.37. The molecule has 2 unspecified atom stereocenters. The number of amides is 1. The van der Waals surface area contributed by atoms with Gasteiger partial charge in [0.2, 0.25) is 5.91 Å². The van der Waals surface area contributed by atoms with E-state index in [0.29, 0.717) is 24.4 Å². The maximum absolute atomic E-state index is 12.2. The van der Waals surface area contributed by atoms with E-state index in [2.05, 4.69) is 67.0 Å². The normalized spacial score (nSPS) is 22.1. The first-order chi connectivity index (χ1) is 10.6. The second-order valence-corrected chi connectivity index (χ2v) is 6.28. The molecule has 1 aromatic carbocycles. The zero-order valence-corrected chi connectivity index (χ0v) is 15.3. The van der Waals surface area contributed by atoms with Gasteiger partial charge in [0.05, 0.1) is 0 Å². The van der Waals surface area contributed by atoms with E-state index in [1.807, 2.05) is 6.07 Å². The minimum atomic E-state index is 0. The van der Waals surface area contributed by atoms with Gasteiger partial charge in [-0.3, -0.25) is 9.69 Å². The molecule has 1 aliphatic heterocycles. The predicted molar refractivity (Wildman–Crippen MR) is 99.8 cm³/mol. The summed E-state index contributed by atoms with van der Waals surface area (Å²) in [5.74, 6) is 0.307. The number of carbonyl (C=O) groups is 1. The highest BCUT2D eigenvalue weighted by molar-refractivity contribution is 5.85. The van der Waals surface area contributed by atoms with Crippen molar-refractivity contribution in [1.82, 2.24) is 9.80 Å². The Morgan fingerprint density at radius 2 is 1.78 bits per heavy atom. The molecule has 1 heterocycles. The first-order valence-corrected chi connectivity index (χ1v) is 8.37. The molecular weight excluding hydrogens is 308 g/mol. The number of hydrogen-bond acceptors (Lipinski definition) is 2. The van der Waals surface area contributed by atoms with Crippen molar-refractivity contribution in [3.63, 3.8) is 0 Å². The number of carbonyl (C=O) groups excluding carboxylic acids is 1. The van der Waals surface area contributed by atoms with Gasteiger partial charge in [-0.2, -0.15) is 0 Å². The SMILES string of the molecule is CCCC(=O)N1C(C)CN(CC=Cc2ccccc2)CC1C.Cl. The van der Waals surface area contributed by atoms with Crippen LogP contribution in [0.5, 0.6) is 0 Å². The summed E-state index contributed by atoms with van der Waals surface area (Å²) in [4.78, 5) is 16.7. The number of nitrogens with zero attached hydrogens (tertiary/aromatic N) is 2. The Kier molecular flexibility index (Phi) is 8.35. The Bertz CT molecular complexity index is 491. The Morgan fingerprint density at radius 1 is 1.17 bits per heavy atom. The maximum atomic E-state index is 12.2. The monoisotopic (exact) mass is 336 g/mol. The van der Waals surface area contributed by atoms with Gasteiger partial charge in [-0.25, -0.2) is 0 Å². The van der Waals surface area contributed by atoms with Gasteiger partial charge in [0.25, 0.3) is 0 Å². The summed E-state index contributed by atoms with van der Waals surface area (Å²) in [7, 11) is 0. The van der Waals surface area contributed by atoms with Crippen molar-refractivity contribution < 1.29 is 4.79 Å². The maximum Gasteiger partial charge on any atom is 0.223 e. The van der Waals surface area contributed by atoms with E-state index in [4.69, 9.17) is 0 Å². The molecule has 1 aromatic rings. The Balaban J connectivity index is 0.00000264. The van der Waals surface area contributed by atoms with Gasteiger partial charge in [0, 0.05) is 38.1 Å². The molecule has 0 radical (unpaired) electrons. The summed E-state index contributed by atoms with van der Waals surface area (Å²) in [6, 6.07) is 11.0. The first kappa shape index (κ1) is 19.7. The number of hydrogen-bond donors (Lipinski definition) is 0. The van der Waals surface area contributed by atoms with E-state index in [0.717, 1.165) is 26.1 Å². The van der Waals surface area contributed by atoms with E-state index < -0.39 is 0 Å². The lowest BCUT2D eigenvalue weighted by Crippen LogP contribution is -2.58. The van der Waals surface area contributed by atoms with Gasteiger partial charge in [-0.1, -0.05) is 49.4 Å². The molecule has 0 aromatic heterocycles. The van der Waals surface area contributed by atoms with Crippen molar-refractivity contribution in [2.24, 2.45) is 0 Å². The van der Waals surface area contributed by atoms with Gasteiger partial charge in [0.15, 0.2) is 0 Å². The van der Waals surface area contributed by atoms with E-state index in [-0.39, 0.29) is 12.4 Å². The van der Waals surface area contributed by atoms with Gasteiger partial charge < -0.3 is 4.90 Å². The zero-order chi connectivity index (χ0) is 15.9. The molecule has 0 saturated carbocycles. The summed E-state index contributed by atoms with van der Waals surface area (Å²) in [6.45, 7) is 9.25. The van der Waals surface area contributed by atoms with Crippen LogP contribution in [0.2, 0.25) is 0 Å². The number of piperazine rings is 1. The third-order valence-corrected chi connectivity index (χ3v) is 4.22. The van der Waals surface area contributed by atoms with Gasteiger partial charge in [-0.15, -0.1) is 12.4 Å². The van der Waals surface area contributed by atoms with Gasteiger partial charge >= 0.3 is 0 Å². The largest absolute Gasteiger partial charge is 0.335 e. The molecule has 0 bridgehead atoms. The molecule has 0 spiro atoms. The Labute approximate surface area is 146 Å². The fraction of sp³-hybridized carbons (Fsp3) is 0.526. The molecule has 2 rings (SSSR count). The standard InChI is InChI=1S/C19H28N2O.ClH/c1-4-9-19(22)21-16(2)14-20(15-17(21)3)13-8-12-18-10-6-5-7-11-18;/h5-8,10-12,16-17H,4,9,13-15H2,1-3H3;1H. The smallest absolute Gasteiger partial charge is 0.223 e. The molecule has 0 N–H and O–H groups in total. The van der Waals surface area contributed by atoms with E-state index in [9.17, 15) is 4.79 Å². The predicted octanol–water partition coefficient (Wildman–Crippen LogP) is 3.84. The summed E-state index contributed by atoms with van der Waals surface area (Å²) < 4.78 is 0. The lowest BCUT2D eigenvalue weighted by atomic mass is 10.1. The van der Waals surface area contributed by atoms with Crippen LogP contribution < -0.4 is 0 Å². The van der Waals surface area contributed by atoms with Crippen molar-refractivity contribution in [1.29, 1.82) is 0 Å². The fourth-order valence-electron chi connectivity index (χ4n) is 3.32. The second-order valence-electron chi connectivity index (χ2n) is 6.28. The third-order valence-electron chi connectivity index (χ3n) is 4.22. The van der Waals surface area contributed by atoms with Crippen LogP contribution in [0, 0.1) is 0 Å². The van der Waals surface area contributed by atoms with Crippen molar-refractivity contribution in [2.75, 3.05) is 19.6 Å². The summed E-state index contributed by atoms with van der Waals surface area (Å²) in [5, 5.41) is 0. The lowest BCUT2D eigenvalue weighted by molar-refractivity contribution is -0.138. The van der Waals surface area contributed by atoms with E-state index >= 15 is 0 Å². The molecule has 128 valence electrons. The highest BCUT2D eigenvalue weighted by Gasteiger charge is 2.31. The van der Waals surface area contributed by atoms with Crippen molar-refractivity contribution in [3.8, 4) is 0 Å². The molecular formula is C19H29ClN2O. The average Bonchev–Trinajstić information content (AvgIpc) is 2.48. The highest BCUT2D eigenvalue weighted by atomic mass is 35.5. The number of halogens is 1. The molecule has 1 aliphatic rings. The summed E-state index contributed by atoms with van der Waals surface area (Å²) in [5.41, 5.74) is 1.24. The Morgan fingerprint density at radius 3 is 2.35 bits per heavy atom. The molecule has 4 heteroatoms. The van der Waals surface area contributed by atoms with E-state index in [1.54, 1.807) is 0 Å². The van der Waals surface area contributed by atoms with Crippen LogP contribution in [0.25, 0.3) is 6.08 Å². The molecule has 1 amide bonds. The number of rotatable bonds is 5. The van der Waals surface area contributed by atoms with Crippen LogP contribution in [0.15, 0.2) is 36.4 Å². The highest BCUT2D eigenvalue weighted by Crippen LogP contribution is 2.17. The van der Waals surface area contributed by atoms with Crippen LogP contribution in [-0.4, -0.2) is 47.4 Å². The second kappa shape index (κ2) is 9.74. The van der Waals surface area contributed by atoms with Crippen LogP contribution in [-0.2, 0) is 4.79 Å². The van der Waals surface area contributed by atoms with Crippen molar-refractivity contribution in [3.05, 3.63) is 42.0 Å². The fourth-order valence-corrected chi connectivity index (χ4v) is 3.32. The Hall–Kier alpha value is -1.32. The quantitative estimate of drug-likeness (QED) is 0.815. The average molecular weight is 337 g/mol.